The van der Waals surface area contributed by atoms with Gasteiger partial charge in [0, 0.05) is 10.8 Å². The summed E-state index contributed by atoms with van der Waals surface area (Å²) in [5, 5.41) is 10.7. The van der Waals surface area contributed by atoms with Crippen molar-refractivity contribution in [3.63, 3.8) is 0 Å². The molecule has 1 saturated heterocycles. The van der Waals surface area contributed by atoms with Crippen molar-refractivity contribution in [2.75, 3.05) is 11.5 Å². The van der Waals surface area contributed by atoms with E-state index in [2.05, 4.69) is 66.7 Å². The van der Waals surface area contributed by atoms with E-state index in [4.69, 9.17) is 4.18 Å². The first-order valence-corrected chi connectivity index (χ1v) is 11.3. The van der Waals surface area contributed by atoms with E-state index < -0.39 is 0 Å². The van der Waals surface area contributed by atoms with Crippen LogP contribution in [-0.2, 0) is 11.2 Å². The molecule has 1 aliphatic heterocycles. The van der Waals surface area contributed by atoms with Crippen molar-refractivity contribution in [2.45, 2.75) is 19.3 Å². The van der Waals surface area contributed by atoms with Gasteiger partial charge in [-0.2, -0.15) is 0 Å². The van der Waals surface area contributed by atoms with Crippen LogP contribution in [0.4, 0.5) is 0 Å². The molecule has 0 N–H and O–H groups in total. The molecule has 2 heteroatoms. The highest BCUT2D eigenvalue weighted by Crippen LogP contribution is 2.42. The first kappa shape index (κ1) is 15.6. The molecule has 1 nitrogen and oxygen atoms in total. The molecular weight excluding hydrogens is 348 g/mol. The Balaban J connectivity index is 1.68. The van der Waals surface area contributed by atoms with E-state index in [1.54, 1.807) is 0 Å². The fourth-order valence-corrected chi connectivity index (χ4v) is 6.53. The molecule has 1 fully saturated rings. The molecule has 5 aromatic carbocycles. The Morgan fingerprint density at radius 2 is 1.15 bits per heavy atom. The highest BCUT2D eigenvalue weighted by atomic mass is 32.2. The Morgan fingerprint density at radius 3 is 1.89 bits per heavy atom. The molecule has 132 valence electrons. The van der Waals surface area contributed by atoms with Gasteiger partial charge in [0.1, 0.15) is 0 Å². The standard InChI is InChI=1S/C25H21OS/c1-2-15-27(16-3-1)26-23-14-13-21-19-10-5-8-17-7-4-9-18(24(17)19)20-11-6-12-22(23)25(20)21/h4-14H,1-3,15-16H2/q+1. The SMILES string of the molecule is c1cc2cccc3c4ccc(O[S+]5CCCCC5)c5cccc(c(c1)c23)c54. The third-order valence-electron chi connectivity index (χ3n) is 5.94. The third-order valence-corrected chi connectivity index (χ3v) is 7.84. The monoisotopic (exact) mass is 369 g/mol. The van der Waals surface area contributed by atoms with E-state index in [1.165, 1.54) is 73.9 Å². The maximum Gasteiger partial charge on any atom is 0.197 e. The average Bonchev–Trinajstić information content (AvgIpc) is 2.73. The summed E-state index contributed by atoms with van der Waals surface area (Å²) in [7, 11) is 0. The minimum absolute atomic E-state index is 0.0772. The van der Waals surface area contributed by atoms with Crippen molar-refractivity contribution in [3.05, 3.63) is 66.7 Å². The summed E-state index contributed by atoms with van der Waals surface area (Å²) < 4.78 is 6.54. The summed E-state index contributed by atoms with van der Waals surface area (Å²) >= 11 is 0.0772. The van der Waals surface area contributed by atoms with Crippen molar-refractivity contribution in [1.29, 1.82) is 0 Å². The van der Waals surface area contributed by atoms with Gasteiger partial charge >= 0.3 is 0 Å². The predicted molar refractivity (Wildman–Crippen MR) is 119 cm³/mol. The highest BCUT2D eigenvalue weighted by molar-refractivity contribution is 7.92. The first-order chi connectivity index (χ1) is 13.4. The van der Waals surface area contributed by atoms with Gasteiger partial charge in [0.25, 0.3) is 0 Å². The van der Waals surface area contributed by atoms with Crippen molar-refractivity contribution < 1.29 is 4.18 Å². The molecule has 0 aromatic heterocycles. The summed E-state index contributed by atoms with van der Waals surface area (Å²) in [6.45, 7) is 0. The van der Waals surface area contributed by atoms with E-state index in [0.29, 0.717) is 0 Å². The molecule has 5 aromatic rings. The minimum Gasteiger partial charge on any atom is -0.285 e. The van der Waals surface area contributed by atoms with Gasteiger partial charge in [-0.15, -0.1) is 0 Å². The Kier molecular flexibility index (Phi) is 3.48. The summed E-state index contributed by atoms with van der Waals surface area (Å²) in [5.74, 6) is 3.49. The molecule has 0 aliphatic carbocycles. The van der Waals surface area contributed by atoms with Gasteiger partial charge in [-0.1, -0.05) is 54.6 Å². The summed E-state index contributed by atoms with van der Waals surface area (Å²) in [5.41, 5.74) is 0. The molecule has 0 amide bonds. The molecule has 1 heterocycles. The lowest BCUT2D eigenvalue weighted by Gasteiger charge is -2.17. The quantitative estimate of drug-likeness (QED) is 0.188. The lowest BCUT2D eigenvalue weighted by atomic mass is 9.90. The highest BCUT2D eigenvalue weighted by Gasteiger charge is 2.26. The molecule has 27 heavy (non-hydrogen) atoms. The van der Waals surface area contributed by atoms with Crippen LogP contribution in [0.5, 0.6) is 5.75 Å². The number of hydrogen-bond acceptors (Lipinski definition) is 1. The van der Waals surface area contributed by atoms with Crippen molar-refractivity contribution in [2.24, 2.45) is 0 Å². The molecule has 0 unspecified atom stereocenters. The van der Waals surface area contributed by atoms with Gasteiger partial charge in [0.2, 0.25) is 0 Å². The van der Waals surface area contributed by atoms with Gasteiger partial charge in [0.05, 0.1) is 0 Å². The number of rotatable bonds is 2. The minimum atomic E-state index is 0.0772. The van der Waals surface area contributed by atoms with Crippen molar-refractivity contribution in [3.8, 4) is 5.75 Å². The van der Waals surface area contributed by atoms with E-state index in [1.807, 2.05) is 0 Å². The fourth-order valence-electron chi connectivity index (χ4n) is 4.71. The van der Waals surface area contributed by atoms with Gasteiger partial charge in [-0.25, -0.2) is 0 Å². The van der Waals surface area contributed by atoms with Gasteiger partial charge in [-0.05, 0) is 63.7 Å². The maximum atomic E-state index is 6.54. The lowest BCUT2D eigenvalue weighted by Crippen LogP contribution is -2.22. The van der Waals surface area contributed by atoms with Gasteiger partial charge in [-0.3, -0.25) is 4.18 Å². The van der Waals surface area contributed by atoms with E-state index in [-0.39, 0.29) is 11.2 Å². The predicted octanol–water partition coefficient (Wildman–Crippen LogP) is 6.83. The topological polar surface area (TPSA) is 9.23 Å². The Morgan fingerprint density at radius 1 is 0.556 bits per heavy atom. The largest absolute Gasteiger partial charge is 0.285 e. The van der Waals surface area contributed by atoms with Crippen molar-refractivity contribution in [1.82, 2.24) is 0 Å². The molecular formula is C25H21OS+. The summed E-state index contributed by atoms with van der Waals surface area (Å²) in [6, 6.07) is 24.5. The first-order valence-electron chi connectivity index (χ1n) is 9.84. The van der Waals surface area contributed by atoms with Crippen LogP contribution in [0.2, 0.25) is 0 Å². The number of hydrogen-bond donors (Lipinski definition) is 0. The van der Waals surface area contributed by atoms with Crippen LogP contribution in [0.3, 0.4) is 0 Å². The molecule has 0 saturated carbocycles. The number of fused-ring (bicyclic) bond motifs is 2. The summed E-state index contributed by atoms with van der Waals surface area (Å²) in [4.78, 5) is 0. The molecule has 0 radical (unpaired) electrons. The van der Waals surface area contributed by atoms with Crippen molar-refractivity contribution >= 4 is 54.3 Å². The van der Waals surface area contributed by atoms with Gasteiger partial charge in [0.15, 0.2) is 28.4 Å². The molecule has 1 aliphatic rings. The van der Waals surface area contributed by atoms with Crippen LogP contribution >= 0.6 is 0 Å². The van der Waals surface area contributed by atoms with Crippen LogP contribution in [0.1, 0.15) is 19.3 Å². The third kappa shape index (κ3) is 2.33. The van der Waals surface area contributed by atoms with Crippen LogP contribution in [0, 0.1) is 0 Å². The zero-order chi connectivity index (χ0) is 17.8. The Labute approximate surface area is 161 Å². The zero-order valence-corrected chi connectivity index (χ0v) is 16.0. The second-order valence-corrected chi connectivity index (χ2v) is 9.40. The molecule has 0 spiro atoms. The van der Waals surface area contributed by atoms with Crippen LogP contribution < -0.4 is 4.18 Å². The molecule has 6 rings (SSSR count). The Bertz CT molecular complexity index is 1230. The lowest BCUT2D eigenvalue weighted by molar-refractivity contribution is 0.608. The fraction of sp³-hybridized carbons (Fsp3) is 0.200. The van der Waals surface area contributed by atoms with E-state index in [0.717, 1.165) is 5.75 Å². The average molecular weight is 370 g/mol. The summed E-state index contributed by atoms with van der Waals surface area (Å²) in [6.07, 6.45) is 3.97. The Hall–Kier alpha value is -2.45. The van der Waals surface area contributed by atoms with Crippen LogP contribution in [-0.4, -0.2) is 11.5 Å². The molecule has 0 atom stereocenters. The normalized spacial score (nSPS) is 16.0. The smallest absolute Gasteiger partial charge is 0.197 e. The van der Waals surface area contributed by atoms with E-state index >= 15 is 0 Å². The maximum absolute atomic E-state index is 6.54. The number of benzene rings is 5. The van der Waals surface area contributed by atoms with Gasteiger partial charge < -0.3 is 0 Å². The second kappa shape index (κ2) is 6.03. The zero-order valence-electron chi connectivity index (χ0n) is 15.2. The molecule has 0 bridgehead atoms. The second-order valence-electron chi connectivity index (χ2n) is 7.54. The van der Waals surface area contributed by atoms with E-state index in [9.17, 15) is 0 Å². The van der Waals surface area contributed by atoms with Crippen LogP contribution in [0.25, 0.3) is 43.1 Å². The van der Waals surface area contributed by atoms with Crippen LogP contribution in [0.15, 0.2) is 66.7 Å².